The molecule has 3 nitrogen and oxygen atoms in total. The van der Waals surface area contributed by atoms with Crippen molar-refractivity contribution in [3.63, 3.8) is 0 Å². The summed E-state index contributed by atoms with van der Waals surface area (Å²) in [5, 5.41) is 3.52. The van der Waals surface area contributed by atoms with Crippen LogP contribution in [0.5, 0.6) is 0 Å². The summed E-state index contributed by atoms with van der Waals surface area (Å²) in [5.41, 5.74) is 1.40. The number of halogens is 1. The van der Waals surface area contributed by atoms with Crippen LogP contribution >= 0.6 is 15.9 Å². The monoisotopic (exact) mass is 325 g/mol. The molecular formula is C15H24BrN3. The fraction of sp³-hybridized carbons (Fsp3) is 0.600. The first-order chi connectivity index (χ1) is 9.06. The third-order valence-corrected chi connectivity index (χ3v) is 4.11. The molecule has 1 N–H and O–H groups in total. The number of piperazine rings is 1. The van der Waals surface area contributed by atoms with Gasteiger partial charge >= 0.3 is 0 Å². The van der Waals surface area contributed by atoms with Crippen LogP contribution in [0.25, 0.3) is 0 Å². The average Bonchev–Trinajstić information content (AvgIpc) is 2.35. The third-order valence-electron chi connectivity index (χ3n) is 3.61. The average molecular weight is 326 g/mol. The van der Waals surface area contributed by atoms with E-state index in [4.69, 9.17) is 0 Å². The van der Waals surface area contributed by atoms with E-state index in [2.05, 4.69) is 76.3 Å². The highest BCUT2D eigenvalue weighted by Crippen LogP contribution is 2.25. The Labute approximate surface area is 125 Å². The lowest BCUT2D eigenvalue weighted by Gasteiger charge is -2.39. The number of nitrogens with zero attached hydrogens (tertiary/aromatic N) is 2. The molecule has 2 atom stereocenters. The Balaban J connectivity index is 2.19. The van der Waals surface area contributed by atoms with Crippen molar-refractivity contribution in [3.05, 3.63) is 34.3 Å². The fourth-order valence-corrected chi connectivity index (χ4v) is 3.15. The van der Waals surface area contributed by atoms with Crippen LogP contribution in [0.1, 0.15) is 18.5 Å². The van der Waals surface area contributed by atoms with Crippen LogP contribution in [0.2, 0.25) is 0 Å². The number of likely N-dealkylation sites (N-methyl/N-ethyl adjacent to an activating group) is 1. The van der Waals surface area contributed by atoms with Crippen molar-refractivity contribution >= 4 is 15.9 Å². The molecule has 1 aromatic carbocycles. The van der Waals surface area contributed by atoms with E-state index >= 15 is 0 Å². The largest absolute Gasteiger partial charge is 0.312 e. The van der Waals surface area contributed by atoms with Gasteiger partial charge in [-0.3, -0.25) is 4.90 Å². The highest BCUT2D eigenvalue weighted by atomic mass is 79.9. The molecule has 1 fully saturated rings. The maximum atomic E-state index is 3.59. The second-order valence-electron chi connectivity index (χ2n) is 5.68. The van der Waals surface area contributed by atoms with E-state index in [9.17, 15) is 0 Å². The van der Waals surface area contributed by atoms with Gasteiger partial charge in [0.05, 0.1) is 0 Å². The molecule has 106 valence electrons. The van der Waals surface area contributed by atoms with Crippen molar-refractivity contribution in [2.24, 2.45) is 0 Å². The number of hydrogen-bond acceptors (Lipinski definition) is 3. The second kappa shape index (κ2) is 6.84. The van der Waals surface area contributed by atoms with Gasteiger partial charge in [-0.05, 0) is 38.7 Å². The molecule has 0 bridgehead atoms. The Bertz CT molecular complexity index is 408. The van der Waals surface area contributed by atoms with E-state index < -0.39 is 0 Å². The minimum Gasteiger partial charge on any atom is -0.312 e. The Kier molecular flexibility index (Phi) is 5.39. The van der Waals surface area contributed by atoms with Crippen molar-refractivity contribution in [2.75, 3.05) is 40.3 Å². The van der Waals surface area contributed by atoms with Gasteiger partial charge in [-0.1, -0.05) is 28.1 Å². The van der Waals surface area contributed by atoms with Crippen molar-refractivity contribution < 1.29 is 0 Å². The van der Waals surface area contributed by atoms with E-state index in [0.29, 0.717) is 12.1 Å². The molecule has 0 saturated carbocycles. The zero-order valence-electron chi connectivity index (χ0n) is 12.1. The molecule has 19 heavy (non-hydrogen) atoms. The third kappa shape index (κ3) is 4.28. The maximum absolute atomic E-state index is 3.59. The first kappa shape index (κ1) is 15.0. The normalized spacial score (nSPS) is 22.7. The van der Waals surface area contributed by atoms with Gasteiger partial charge in [-0.15, -0.1) is 0 Å². The highest BCUT2D eigenvalue weighted by molar-refractivity contribution is 9.10. The van der Waals surface area contributed by atoms with Crippen LogP contribution in [-0.2, 0) is 0 Å². The zero-order chi connectivity index (χ0) is 13.8. The van der Waals surface area contributed by atoms with E-state index in [0.717, 1.165) is 30.7 Å². The van der Waals surface area contributed by atoms with Crippen molar-refractivity contribution in [1.82, 2.24) is 15.1 Å². The predicted octanol–water partition coefficient (Wildman–Crippen LogP) is 2.35. The standard InChI is InChI=1S/C15H24BrN3/c1-12-10-19(8-7-17-12)15(11-18(2)3)13-5-4-6-14(16)9-13/h4-6,9,12,15,17H,7-8,10-11H2,1-3H3. The molecule has 1 saturated heterocycles. The minimum atomic E-state index is 0.469. The quantitative estimate of drug-likeness (QED) is 0.916. The summed E-state index contributed by atoms with van der Waals surface area (Å²) in [4.78, 5) is 4.88. The van der Waals surface area contributed by atoms with E-state index in [1.54, 1.807) is 0 Å². The lowest BCUT2D eigenvalue weighted by Crippen LogP contribution is -2.51. The van der Waals surface area contributed by atoms with Crippen LogP contribution in [0.4, 0.5) is 0 Å². The number of nitrogens with one attached hydrogen (secondary N) is 1. The molecule has 1 aliphatic rings. The highest BCUT2D eigenvalue weighted by Gasteiger charge is 2.25. The minimum absolute atomic E-state index is 0.469. The first-order valence-corrected chi connectivity index (χ1v) is 7.73. The molecule has 0 aliphatic carbocycles. The first-order valence-electron chi connectivity index (χ1n) is 6.94. The molecule has 2 rings (SSSR count). The van der Waals surface area contributed by atoms with Crippen LogP contribution in [0.15, 0.2) is 28.7 Å². The smallest absolute Gasteiger partial charge is 0.0476 e. The predicted molar refractivity (Wildman–Crippen MR) is 84.5 cm³/mol. The fourth-order valence-electron chi connectivity index (χ4n) is 2.74. The van der Waals surface area contributed by atoms with Gasteiger partial charge in [0.25, 0.3) is 0 Å². The van der Waals surface area contributed by atoms with Gasteiger partial charge in [-0.25, -0.2) is 0 Å². The zero-order valence-corrected chi connectivity index (χ0v) is 13.7. The molecule has 0 aromatic heterocycles. The molecular weight excluding hydrogens is 302 g/mol. The van der Waals surface area contributed by atoms with E-state index in [-0.39, 0.29) is 0 Å². The van der Waals surface area contributed by atoms with E-state index in [1.807, 2.05) is 0 Å². The van der Waals surface area contributed by atoms with Crippen molar-refractivity contribution in [3.8, 4) is 0 Å². The molecule has 0 radical (unpaired) electrons. The van der Waals surface area contributed by atoms with Gasteiger partial charge < -0.3 is 10.2 Å². The maximum Gasteiger partial charge on any atom is 0.0476 e. The van der Waals surface area contributed by atoms with Crippen molar-refractivity contribution in [2.45, 2.75) is 19.0 Å². The van der Waals surface area contributed by atoms with Gasteiger partial charge in [-0.2, -0.15) is 0 Å². The van der Waals surface area contributed by atoms with E-state index in [1.165, 1.54) is 5.56 Å². The lowest BCUT2D eigenvalue weighted by atomic mass is 10.0. The summed E-state index contributed by atoms with van der Waals surface area (Å²) in [6, 6.07) is 9.76. The lowest BCUT2D eigenvalue weighted by molar-refractivity contribution is 0.125. The van der Waals surface area contributed by atoms with Crippen LogP contribution < -0.4 is 5.32 Å². The summed E-state index contributed by atoms with van der Waals surface area (Å²) in [6.45, 7) is 6.64. The number of rotatable bonds is 4. The summed E-state index contributed by atoms with van der Waals surface area (Å²) in [6.07, 6.45) is 0. The van der Waals surface area contributed by atoms with Crippen LogP contribution in [0, 0.1) is 0 Å². The second-order valence-corrected chi connectivity index (χ2v) is 6.60. The molecule has 1 aliphatic heterocycles. The SMILES string of the molecule is CC1CN(C(CN(C)C)c2cccc(Br)c2)CCN1. The molecule has 4 heteroatoms. The van der Waals surface area contributed by atoms with Crippen LogP contribution in [0.3, 0.4) is 0 Å². The Morgan fingerprint density at radius 2 is 2.26 bits per heavy atom. The topological polar surface area (TPSA) is 18.5 Å². The van der Waals surface area contributed by atoms with Gasteiger partial charge in [0, 0.05) is 42.7 Å². The summed E-state index contributed by atoms with van der Waals surface area (Å²) < 4.78 is 1.16. The molecule has 2 unspecified atom stereocenters. The number of hydrogen-bond donors (Lipinski definition) is 1. The summed E-state index contributed by atoms with van der Waals surface area (Å²) in [7, 11) is 4.30. The molecule has 1 aromatic rings. The Hall–Kier alpha value is -0.420. The Morgan fingerprint density at radius 3 is 2.89 bits per heavy atom. The Morgan fingerprint density at radius 1 is 1.47 bits per heavy atom. The van der Waals surface area contributed by atoms with Gasteiger partial charge in [0.1, 0.15) is 0 Å². The summed E-state index contributed by atoms with van der Waals surface area (Å²) >= 11 is 3.59. The van der Waals surface area contributed by atoms with Gasteiger partial charge in [0.2, 0.25) is 0 Å². The molecule has 0 amide bonds. The molecule has 1 heterocycles. The van der Waals surface area contributed by atoms with Crippen molar-refractivity contribution in [1.29, 1.82) is 0 Å². The molecule has 0 spiro atoms. The number of benzene rings is 1. The summed E-state index contributed by atoms with van der Waals surface area (Å²) in [5.74, 6) is 0. The van der Waals surface area contributed by atoms with Gasteiger partial charge in [0.15, 0.2) is 0 Å². The van der Waals surface area contributed by atoms with Crippen LogP contribution in [-0.4, -0.2) is 56.1 Å².